The molecule has 0 aromatic heterocycles. The lowest BCUT2D eigenvalue weighted by atomic mass is 9.71. The summed E-state index contributed by atoms with van der Waals surface area (Å²) in [4.78, 5) is 11.2. The Balaban J connectivity index is 1.67. The molecule has 0 saturated heterocycles. The van der Waals surface area contributed by atoms with Crippen molar-refractivity contribution in [2.45, 2.75) is 56.0 Å². The number of ether oxygens (including phenoxy) is 7. The second-order valence-corrected chi connectivity index (χ2v) is 11.0. The van der Waals surface area contributed by atoms with Crippen LogP contribution in [0.5, 0.6) is 28.7 Å². The zero-order valence-corrected chi connectivity index (χ0v) is 25.7. The van der Waals surface area contributed by atoms with Crippen molar-refractivity contribution in [1.29, 1.82) is 0 Å². The van der Waals surface area contributed by atoms with Crippen LogP contribution in [-0.4, -0.2) is 101 Å². The lowest BCUT2D eigenvalue weighted by molar-refractivity contribution is -0.153. The van der Waals surface area contributed by atoms with Crippen LogP contribution >= 0.6 is 0 Å². The van der Waals surface area contributed by atoms with Gasteiger partial charge in [0.2, 0.25) is 12.5 Å². The molecule has 4 unspecified atom stereocenters. The lowest BCUT2D eigenvalue weighted by Gasteiger charge is -2.39. The van der Waals surface area contributed by atoms with Crippen molar-refractivity contribution in [1.82, 2.24) is 5.32 Å². The molecule has 0 spiro atoms. The van der Waals surface area contributed by atoms with Crippen LogP contribution in [0.2, 0.25) is 0 Å². The number of carbonyl (C=O) groups excluding carboxylic acids is 1. The van der Waals surface area contributed by atoms with Crippen LogP contribution in [0.25, 0.3) is 0 Å². The first kappa shape index (κ1) is 34.4. The fraction of sp³-hybridized carbons (Fsp3) is 0.581. The molecule has 0 amide bonds. The Labute approximate surface area is 260 Å². The molecular formula is C31H41F2NO11. The Morgan fingerprint density at radius 1 is 1.04 bits per heavy atom. The van der Waals surface area contributed by atoms with E-state index < -0.39 is 56.0 Å². The number of methoxy groups -OCH3 is 3. The van der Waals surface area contributed by atoms with Crippen LogP contribution in [0.4, 0.5) is 8.78 Å². The number of hydrogen-bond donors (Lipinski definition) is 4. The van der Waals surface area contributed by atoms with Gasteiger partial charge in [0.05, 0.1) is 47.2 Å². The van der Waals surface area contributed by atoms with Gasteiger partial charge in [-0.1, -0.05) is 6.92 Å². The van der Waals surface area contributed by atoms with Gasteiger partial charge in [-0.25, -0.2) is 8.78 Å². The summed E-state index contributed by atoms with van der Waals surface area (Å²) in [7, 11) is 4.52. The van der Waals surface area contributed by atoms with E-state index in [1.54, 1.807) is 13.0 Å². The van der Waals surface area contributed by atoms with E-state index in [9.17, 15) is 20.1 Å². The molecule has 12 nitrogen and oxygen atoms in total. The summed E-state index contributed by atoms with van der Waals surface area (Å²) in [6.45, 7) is -0.862. The molecule has 2 aromatic carbocycles. The van der Waals surface area contributed by atoms with Crippen LogP contribution in [0.3, 0.4) is 0 Å². The van der Waals surface area contributed by atoms with Crippen molar-refractivity contribution in [3.8, 4) is 28.7 Å². The molecule has 6 atom stereocenters. The molecule has 1 aliphatic carbocycles. The number of alkyl halides is 2. The van der Waals surface area contributed by atoms with Crippen LogP contribution < -0.4 is 29.0 Å². The average Bonchev–Trinajstić information content (AvgIpc) is 3.51. The maximum atomic E-state index is 15.2. The molecule has 1 heterocycles. The molecule has 1 aliphatic heterocycles. The third kappa shape index (κ3) is 7.69. The molecule has 0 fully saturated rings. The fourth-order valence-corrected chi connectivity index (χ4v) is 5.87. The van der Waals surface area contributed by atoms with E-state index in [1.165, 1.54) is 21.3 Å². The predicted molar refractivity (Wildman–Crippen MR) is 155 cm³/mol. The molecule has 45 heavy (non-hydrogen) atoms. The summed E-state index contributed by atoms with van der Waals surface area (Å²) in [6, 6.07) is 6.49. The highest BCUT2D eigenvalue weighted by molar-refractivity contribution is 5.59. The third-order valence-corrected chi connectivity index (χ3v) is 8.23. The first-order valence-electron chi connectivity index (χ1n) is 14.6. The first-order chi connectivity index (χ1) is 21.6. The van der Waals surface area contributed by atoms with Gasteiger partial charge in [-0.3, -0.25) is 4.79 Å². The molecule has 250 valence electrons. The van der Waals surface area contributed by atoms with Crippen molar-refractivity contribution < 1.29 is 62.1 Å². The SMILES string of the molecule is CCC(O)[C@H](O)C(CO)OCC(F)(F)CNC1c2cc3c(cc2[C@@H](c2cc(OC)c(OC)c(OC)c2)CC1COC=O)OCO3. The molecule has 0 bridgehead atoms. The second kappa shape index (κ2) is 15.2. The van der Waals surface area contributed by atoms with Crippen molar-refractivity contribution in [2.75, 3.05) is 54.5 Å². The molecule has 2 aromatic rings. The number of hydrogen-bond acceptors (Lipinski definition) is 12. The summed E-state index contributed by atoms with van der Waals surface area (Å²) in [5.74, 6) is -1.97. The zero-order valence-electron chi connectivity index (χ0n) is 25.7. The highest BCUT2D eigenvalue weighted by atomic mass is 19.3. The van der Waals surface area contributed by atoms with Gasteiger partial charge < -0.3 is 53.8 Å². The van der Waals surface area contributed by atoms with Gasteiger partial charge in [0, 0.05) is 17.9 Å². The van der Waals surface area contributed by atoms with Gasteiger partial charge in [0.1, 0.15) is 18.8 Å². The van der Waals surface area contributed by atoms with Crippen LogP contribution in [-0.2, 0) is 14.3 Å². The van der Waals surface area contributed by atoms with Gasteiger partial charge in [0.25, 0.3) is 12.4 Å². The van der Waals surface area contributed by atoms with E-state index in [0.717, 1.165) is 11.1 Å². The van der Waals surface area contributed by atoms with Gasteiger partial charge >= 0.3 is 0 Å². The third-order valence-electron chi connectivity index (χ3n) is 8.23. The van der Waals surface area contributed by atoms with Crippen LogP contribution in [0.15, 0.2) is 24.3 Å². The van der Waals surface area contributed by atoms with Gasteiger partial charge in [-0.2, -0.15) is 0 Å². The number of halogens is 2. The Bertz CT molecular complexity index is 1270. The van der Waals surface area contributed by atoms with E-state index in [2.05, 4.69) is 5.32 Å². The molecule has 4 rings (SSSR count). The number of rotatable bonds is 17. The summed E-state index contributed by atoms with van der Waals surface area (Å²) < 4.78 is 68.6. The quantitative estimate of drug-likeness (QED) is 0.188. The van der Waals surface area contributed by atoms with E-state index >= 15 is 8.78 Å². The number of carbonyl (C=O) groups is 1. The van der Waals surface area contributed by atoms with E-state index in [4.69, 9.17) is 33.2 Å². The molecule has 2 aliphatic rings. The summed E-state index contributed by atoms with van der Waals surface area (Å²) >= 11 is 0. The second-order valence-electron chi connectivity index (χ2n) is 11.0. The Morgan fingerprint density at radius 3 is 2.24 bits per heavy atom. The van der Waals surface area contributed by atoms with Gasteiger partial charge in [0.15, 0.2) is 23.0 Å². The average molecular weight is 642 g/mol. The zero-order chi connectivity index (χ0) is 32.7. The Morgan fingerprint density at radius 2 is 1.69 bits per heavy atom. The lowest BCUT2D eigenvalue weighted by Crippen LogP contribution is -2.46. The summed E-state index contributed by atoms with van der Waals surface area (Å²) in [5, 5.41) is 32.5. The topological polar surface area (TPSA) is 154 Å². The molecular weight excluding hydrogens is 600 g/mol. The van der Waals surface area contributed by atoms with Crippen molar-refractivity contribution in [3.05, 3.63) is 41.0 Å². The Kier molecular flexibility index (Phi) is 11.7. The number of aliphatic hydroxyl groups is 3. The summed E-state index contributed by atoms with van der Waals surface area (Å²) in [5.41, 5.74) is 2.22. The normalized spacial score (nSPS) is 21.0. The van der Waals surface area contributed by atoms with Crippen LogP contribution in [0, 0.1) is 5.92 Å². The van der Waals surface area contributed by atoms with Crippen molar-refractivity contribution in [2.24, 2.45) is 5.92 Å². The van der Waals surface area contributed by atoms with E-state index in [0.29, 0.717) is 47.2 Å². The number of aliphatic hydroxyl groups excluding tert-OH is 3. The van der Waals surface area contributed by atoms with E-state index in [-0.39, 0.29) is 25.7 Å². The molecule has 0 radical (unpaired) electrons. The molecule has 14 heteroatoms. The first-order valence-corrected chi connectivity index (χ1v) is 14.6. The minimum Gasteiger partial charge on any atom is -0.493 e. The number of benzene rings is 2. The fourth-order valence-electron chi connectivity index (χ4n) is 5.87. The van der Waals surface area contributed by atoms with Crippen LogP contribution in [0.1, 0.15) is 48.4 Å². The predicted octanol–water partition coefficient (Wildman–Crippen LogP) is 2.54. The molecule has 4 N–H and O–H groups in total. The Hall–Kier alpha value is -3.43. The number of nitrogens with one attached hydrogen (secondary N) is 1. The van der Waals surface area contributed by atoms with E-state index in [1.807, 2.05) is 18.2 Å². The highest BCUT2D eigenvalue weighted by Crippen LogP contribution is 2.51. The highest BCUT2D eigenvalue weighted by Gasteiger charge is 2.41. The maximum absolute atomic E-state index is 15.2. The van der Waals surface area contributed by atoms with Gasteiger partial charge in [-0.05, 0) is 53.8 Å². The minimum absolute atomic E-state index is 0.00284. The summed E-state index contributed by atoms with van der Waals surface area (Å²) in [6.07, 6.45) is -3.63. The van der Waals surface area contributed by atoms with Crippen molar-refractivity contribution in [3.63, 3.8) is 0 Å². The number of fused-ring (bicyclic) bond motifs is 2. The maximum Gasteiger partial charge on any atom is 0.293 e. The van der Waals surface area contributed by atoms with Gasteiger partial charge in [-0.15, -0.1) is 0 Å². The smallest absolute Gasteiger partial charge is 0.293 e. The standard InChI is InChI=1S/C31H41F2NO11/c1-5-22(37)29(38)27(11-35)43-14-31(32,33)13-34-28-18(12-42-15-36)6-19(20-9-23-24(10-21(20)28)45-16-44-23)17-7-25(39-2)30(41-4)26(8-17)40-3/h7-10,15,18-19,22,27-29,34-35,37-38H,5-6,11-14,16H2,1-4H3/t18?,19-,22?,27?,28?,29+/m1/s1. The largest absolute Gasteiger partial charge is 0.493 e. The van der Waals surface area contributed by atoms with Crippen molar-refractivity contribution >= 4 is 6.47 Å². The molecule has 0 saturated carbocycles. The monoisotopic (exact) mass is 641 g/mol. The minimum atomic E-state index is -3.44.